The summed E-state index contributed by atoms with van der Waals surface area (Å²) >= 11 is 3.03. The van der Waals surface area contributed by atoms with Crippen molar-refractivity contribution < 1.29 is 12.8 Å². The second kappa shape index (κ2) is 5.21. The SMILES string of the molecule is O=S(=O)(NCc1ccc[nH]1)c1c(F)cccc1Br. The Morgan fingerprint density at radius 1 is 1.28 bits per heavy atom. The Morgan fingerprint density at radius 3 is 2.67 bits per heavy atom. The van der Waals surface area contributed by atoms with Gasteiger partial charge < -0.3 is 4.98 Å². The van der Waals surface area contributed by atoms with Gasteiger partial charge in [0.2, 0.25) is 10.0 Å². The van der Waals surface area contributed by atoms with E-state index in [4.69, 9.17) is 0 Å². The predicted molar refractivity (Wildman–Crippen MR) is 68.9 cm³/mol. The summed E-state index contributed by atoms with van der Waals surface area (Å²) in [5.41, 5.74) is 0.700. The molecule has 0 spiro atoms. The number of aromatic amines is 1. The topological polar surface area (TPSA) is 62.0 Å². The largest absolute Gasteiger partial charge is 0.364 e. The van der Waals surface area contributed by atoms with E-state index in [9.17, 15) is 12.8 Å². The van der Waals surface area contributed by atoms with Gasteiger partial charge in [-0.2, -0.15) is 0 Å². The normalized spacial score (nSPS) is 11.7. The average molecular weight is 333 g/mol. The summed E-state index contributed by atoms with van der Waals surface area (Å²) in [6, 6.07) is 7.51. The third-order valence-electron chi connectivity index (χ3n) is 2.30. The van der Waals surface area contributed by atoms with E-state index in [1.54, 1.807) is 18.3 Å². The summed E-state index contributed by atoms with van der Waals surface area (Å²) in [5, 5.41) is 0. The molecule has 96 valence electrons. The van der Waals surface area contributed by atoms with E-state index in [0.717, 1.165) is 6.07 Å². The van der Waals surface area contributed by atoms with E-state index < -0.39 is 15.8 Å². The van der Waals surface area contributed by atoms with Crippen molar-refractivity contribution in [3.05, 3.63) is 52.5 Å². The average Bonchev–Trinajstić information content (AvgIpc) is 2.78. The van der Waals surface area contributed by atoms with Gasteiger partial charge >= 0.3 is 0 Å². The molecule has 1 heterocycles. The monoisotopic (exact) mass is 332 g/mol. The number of H-pyrrole nitrogens is 1. The number of nitrogens with one attached hydrogen (secondary N) is 2. The van der Waals surface area contributed by atoms with E-state index in [1.807, 2.05) is 0 Å². The molecule has 0 fully saturated rings. The van der Waals surface area contributed by atoms with Crippen LogP contribution in [0.25, 0.3) is 0 Å². The van der Waals surface area contributed by atoms with Gasteiger partial charge in [-0.15, -0.1) is 0 Å². The Balaban J connectivity index is 2.26. The predicted octanol–water partition coefficient (Wildman–Crippen LogP) is 2.39. The second-order valence-electron chi connectivity index (χ2n) is 3.57. The molecule has 0 saturated carbocycles. The Labute approximate surface area is 112 Å². The summed E-state index contributed by atoms with van der Waals surface area (Å²) in [4.78, 5) is 2.48. The van der Waals surface area contributed by atoms with Gasteiger partial charge in [0.15, 0.2) is 0 Å². The van der Waals surface area contributed by atoms with Gasteiger partial charge in [-0.1, -0.05) is 6.07 Å². The van der Waals surface area contributed by atoms with Crippen molar-refractivity contribution in [3.63, 3.8) is 0 Å². The number of rotatable bonds is 4. The Bertz CT molecular complexity index is 621. The number of aromatic nitrogens is 1. The van der Waals surface area contributed by atoms with Crippen LogP contribution in [0.3, 0.4) is 0 Å². The van der Waals surface area contributed by atoms with Gasteiger partial charge in [-0.3, -0.25) is 0 Å². The lowest BCUT2D eigenvalue weighted by Crippen LogP contribution is -2.24. The minimum atomic E-state index is -3.89. The molecular weight excluding hydrogens is 323 g/mol. The van der Waals surface area contributed by atoms with Gasteiger partial charge in [-0.05, 0) is 40.2 Å². The smallest absolute Gasteiger partial charge is 0.244 e. The summed E-state index contributed by atoms with van der Waals surface area (Å²) in [6.45, 7) is 0.0795. The minimum Gasteiger partial charge on any atom is -0.364 e. The molecule has 0 aliphatic rings. The number of hydrogen-bond donors (Lipinski definition) is 2. The molecule has 2 rings (SSSR count). The van der Waals surface area contributed by atoms with Crippen LogP contribution in [-0.2, 0) is 16.6 Å². The highest BCUT2D eigenvalue weighted by atomic mass is 79.9. The van der Waals surface area contributed by atoms with Gasteiger partial charge in [0.25, 0.3) is 0 Å². The molecule has 18 heavy (non-hydrogen) atoms. The fourth-order valence-electron chi connectivity index (χ4n) is 1.46. The molecule has 7 heteroatoms. The lowest BCUT2D eigenvalue weighted by atomic mass is 10.3. The number of hydrogen-bond acceptors (Lipinski definition) is 2. The van der Waals surface area contributed by atoms with Crippen molar-refractivity contribution in [1.29, 1.82) is 0 Å². The molecule has 2 N–H and O–H groups in total. The maximum absolute atomic E-state index is 13.6. The van der Waals surface area contributed by atoms with E-state index >= 15 is 0 Å². The third kappa shape index (κ3) is 2.80. The van der Waals surface area contributed by atoms with Crippen LogP contribution >= 0.6 is 15.9 Å². The molecule has 0 amide bonds. The first-order valence-corrected chi connectivity index (χ1v) is 7.34. The molecule has 0 atom stereocenters. The van der Waals surface area contributed by atoms with Crippen LogP contribution in [0.15, 0.2) is 45.9 Å². The maximum Gasteiger partial charge on any atom is 0.244 e. The second-order valence-corrected chi connectivity index (χ2v) is 6.13. The van der Waals surface area contributed by atoms with E-state index in [1.165, 1.54) is 12.1 Å². The highest BCUT2D eigenvalue weighted by Gasteiger charge is 2.21. The molecule has 1 aromatic carbocycles. The first kappa shape index (κ1) is 13.3. The van der Waals surface area contributed by atoms with Gasteiger partial charge in [0.1, 0.15) is 10.7 Å². The van der Waals surface area contributed by atoms with Crippen molar-refractivity contribution in [3.8, 4) is 0 Å². The minimum absolute atomic E-state index is 0.0795. The molecule has 0 aliphatic heterocycles. The first-order valence-electron chi connectivity index (χ1n) is 5.06. The number of benzene rings is 1. The van der Waals surface area contributed by atoms with Crippen molar-refractivity contribution in [2.75, 3.05) is 0 Å². The van der Waals surface area contributed by atoms with Crippen molar-refractivity contribution in [2.24, 2.45) is 0 Å². The molecule has 0 aliphatic carbocycles. The highest BCUT2D eigenvalue weighted by molar-refractivity contribution is 9.10. The molecule has 2 aromatic rings. The molecular formula is C11H10BrFN2O2S. The first-order chi connectivity index (χ1) is 8.50. The Kier molecular flexibility index (Phi) is 3.84. The molecule has 0 unspecified atom stereocenters. The quantitative estimate of drug-likeness (QED) is 0.903. The number of halogens is 2. The highest BCUT2D eigenvalue weighted by Crippen LogP contribution is 2.24. The van der Waals surface area contributed by atoms with Crippen molar-refractivity contribution in [2.45, 2.75) is 11.4 Å². The van der Waals surface area contributed by atoms with E-state index in [-0.39, 0.29) is 15.9 Å². The van der Waals surface area contributed by atoms with Crippen molar-refractivity contribution in [1.82, 2.24) is 9.71 Å². The summed E-state index contributed by atoms with van der Waals surface area (Å²) < 4.78 is 40.0. The zero-order valence-corrected chi connectivity index (χ0v) is 11.6. The zero-order chi connectivity index (χ0) is 13.2. The summed E-state index contributed by atoms with van der Waals surface area (Å²) in [7, 11) is -3.89. The molecule has 0 radical (unpaired) electrons. The van der Waals surface area contributed by atoms with Gasteiger partial charge in [0.05, 0.1) is 6.54 Å². The zero-order valence-electron chi connectivity index (χ0n) is 9.15. The Hall–Kier alpha value is -1.18. The lowest BCUT2D eigenvalue weighted by molar-refractivity contribution is 0.554. The molecule has 4 nitrogen and oxygen atoms in total. The van der Waals surface area contributed by atoms with Crippen LogP contribution in [0.4, 0.5) is 4.39 Å². The van der Waals surface area contributed by atoms with Crippen LogP contribution in [0, 0.1) is 5.82 Å². The molecule has 0 bridgehead atoms. The number of sulfonamides is 1. The van der Waals surface area contributed by atoms with E-state index in [0.29, 0.717) is 5.69 Å². The van der Waals surface area contributed by atoms with Crippen molar-refractivity contribution >= 4 is 26.0 Å². The summed E-state index contributed by atoms with van der Waals surface area (Å²) in [5.74, 6) is -0.789. The van der Waals surface area contributed by atoms with Gasteiger partial charge in [0, 0.05) is 16.4 Å². The molecule has 1 aromatic heterocycles. The van der Waals surface area contributed by atoms with Crippen LogP contribution in [-0.4, -0.2) is 13.4 Å². The molecule has 0 saturated heterocycles. The van der Waals surface area contributed by atoms with Crippen LogP contribution < -0.4 is 4.72 Å². The van der Waals surface area contributed by atoms with E-state index in [2.05, 4.69) is 25.6 Å². The van der Waals surface area contributed by atoms with Crippen LogP contribution in [0.2, 0.25) is 0 Å². The third-order valence-corrected chi connectivity index (χ3v) is 4.70. The Morgan fingerprint density at radius 2 is 2.06 bits per heavy atom. The maximum atomic E-state index is 13.6. The van der Waals surface area contributed by atoms with Crippen LogP contribution in [0.5, 0.6) is 0 Å². The van der Waals surface area contributed by atoms with Crippen LogP contribution in [0.1, 0.15) is 5.69 Å². The lowest BCUT2D eigenvalue weighted by Gasteiger charge is -2.08. The standard InChI is InChI=1S/C11H10BrFN2O2S/c12-9-4-1-5-10(13)11(9)18(16,17)15-7-8-3-2-6-14-8/h1-6,14-15H,7H2. The fraction of sp³-hybridized carbons (Fsp3) is 0.0909. The van der Waals surface area contributed by atoms with Gasteiger partial charge in [-0.25, -0.2) is 17.5 Å². The fourth-order valence-corrected chi connectivity index (χ4v) is 3.58. The summed E-state index contributed by atoms with van der Waals surface area (Å²) in [6.07, 6.45) is 1.68.